The molecular weight excluding hydrogens is 685 g/mol. The van der Waals surface area contributed by atoms with Crippen molar-refractivity contribution in [2.75, 3.05) is 0 Å². The van der Waals surface area contributed by atoms with Gasteiger partial charge in [-0.15, -0.1) is 0 Å². The van der Waals surface area contributed by atoms with Crippen LogP contribution in [-0.2, 0) is 0 Å². The summed E-state index contributed by atoms with van der Waals surface area (Å²) in [5, 5.41) is 4.43. The first-order chi connectivity index (χ1) is 27.8. The van der Waals surface area contributed by atoms with Crippen LogP contribution in [0.3, 0.4) is 0 Å². The molecule has 3 aromatic heterocycles. The normalized spacial score (nSPS) is 11.6. The summed E-state index contributed by atoms with van der Waals surface area (Å²) in [5.74, 6) is 1.79. The van der Waals surface area contributed by atoms with Crippen molar-refractivity contribution >= 4 is 43.7 Å². The van der Waals surface area contributed by atoms with E-state index in [1.165, 1.54) is 21.9 Å². The van der Waals surface area contributed by atoms with Crippen molar-refractivity contribution in [1.82, 2.24) is 19.5 Å². The van der Waals surface area contributed by atoms with Gasteiger partial charge in [0.05, 0.1) is 16.6 Å². The largest absolute Gasteiger partial charge is 0.455 e. The Morgan fingerprint density at radius 2 is 0.786 bits per heavy atom. The highest BCUT2D eigenvalue weighted by Crippen LogP contribution is 2.42. The van der Waals surface area contributed by atoms with E-state index < -0.39 is 0 Å². The lowest BCUT2D eigenvalue weighted by Gasteiger charge is -2.09. The molecule has 0 aliphatic heterocycles. The second-order valence-corrected chi connectivity index (χ2v) is 14.0. The molecule has 56 heavy (non-hydrogen) atoms. The number of furan rings is 1. The molecule has 0 fully saturated rings. The molecule has 0 bridgehead atoms. The lowest BCUT2D eigenvalue weighted by molar-refractivity contribution is 0.670. The number of para-hydroxylation sites is 3. The van der Waals surface area contributed by atoms with Crippen LogP contribution in [0.4, 0.5) is 0 Å². The zero-order valence-electron chi connectivity index (χ0n) is 30.2. The van der Waals surface area contributed by atoms with Crippen LogP contribution < -0.4 is 0 Å². The van der Waals surface area contributed by atoms with Gasteiger partial charge >= 0.3 is 0 Å². The molecule has 0 spiro atoms. The van der Waals surface area contributed by atoms with Crippen LogP contribution in [0.2, 0.25) is 0 Å². The molecule has 8 aromatic carbocycles. The van der Waals surface area contributed by atoms with E-state index in [0.29, 0.717) is 17.5 Å². The second kappa shape index (κ2) is 13.0. The molecule has 0 atom stereocenters. The molecule has 0 aliphatic carbocycles. The minimum atomic E-state index is 0.563. The lowest BCUT2D eigenvalue weighted by Crippen LogP contribution is -2.00. The Labute approximate surface area is 322 Å². The summed E-state index contributed by atoms with van der Waals surface area (Å²) in [6, 6.07) is 67.5. The van der Waals surface area contributed by atoms with Crippen molar-refractivity contribution in [3.8, 4) is 62.1 Å². The SMILES string of the molecule is c1ccc(-c2ccc3c(c2)c2cc(-c4cccc5c4oc4c(-c6nc(-c7ccccc7)nc(-c7ccccc7)n6)cccc45)ccc2n3-c2ccccc2)cc1. The van der Waals surface area contributed by atoms with Gasteiger partial charge in [-0.2, -0.15) is 0 Å². The van der Waals surface area contributed by atoms with Crippen molar-refractivity contribution in [2.45, 2.75) is 0 Å². The van der Waals surface area contributed by atoms with Gasteiger partial charge in [-0.3, -0.25) is 0 Å². The summed E-state index contributed by atoms with van der Waals surface area (Å²) in [6.07, 6.45) is 0. The average Bonchev–Trinajstić information content (AvgIpc) is 3.83. The van der Waals surface area contributed by atoms with Gasteiger partial charge in [0.1, 0.15) is 11.2 Å². The zero-order chi connectivity index (χ0) is 37.0. The quantitative estimate of drug-likeness (QED) is 0.172. The molecule has 0 N–H and O–H groups in total. The summed E-state index contributed by atoms with van der Waals surface area (Å²) < 4.78 is 9.32. The van der Waals surface area contributed by atoms with Gasteiger partial charge in [-0.25, -0.2) is 15.0 Å². The van der Waals surface area contributed by atoms with Gasteiger partial charge in [0.2, 0.25) is 0 Å². The topological polar surface area (TPSA) is 56.7 Å². The first kappa shape index (κ1) is 31.9. The van der Waals surface area contributed by atoms with Gasteiger partial charge in [0.15, 0.2) is 17.5 Å². The van der Waals surface area contributed by atoms with E-state index in [2.05, 4.69) is 132 Å². The Hall–Kier alpha value is -7.63. The third-order valence-corrected chi connectivity index (χ3v) is 10.7. The third-order valence-electron chi connectivity index (χ3n) is 10.7. The van der Waals surface area contributed by atoms with Crippen LogP contribution in [0.25, 0.3) is 106 Å². The highest BCUT2D eigenvalue weighted by Gasteiger charge is 2.20. The van der Waals surface area contributed by atoms with Gasteiger partial charge in [0.25, 0.3) is 0 Å². The summed E-state index contributed by atoms with van der Waals surface area (Å²) in [7, 11) is 0. The van der Waals surface area contributed by atoms with Crippen LogP contribution in [0, 0.1) is 0 Å². The van der Waals surface area contributed by atoms with Crippen LogP contribution in [0.15, 0.2) is 199 Å². The molecule has 0 unspecified atom stereocenters. The third kappa shape index (κ3) is 5.29. The van der Waals surface area contributed by atoms with Crippen molar-refractivity contribution in [3.05, 3.63) is 194 Å². The minimum Gasteiger partial charge on any atom is -0.455 e. The molecule has 3 heterocycles. The Balaban J connectivity index is 1.11. The maximum Gasteiger partial charge on any atom is 0.167 e. The van der Waals surface area contributed by atoms with E-state index in [1.807, 2.05) is 66.7 Å². The number of hydrogen-bond donors (Lipinski definition) is 0. The summed E-state index contributed by atoms with van der Waals surface area (Å²) in [6.45, 7) is 0. The van der Waals surface area contributed by atoms with Crippen molar-refractivity contribution in [2.24, 2.45) is 0 Å². The standard InChI is InChI=1S/C51H32N4O/c1-5-15-33(16-6-1)36-27-29-45-43(31-36)44-32-37(28-30-46(44)55(45)38-21-11-4-12-22-38)39-23-13-24-40-41-25-14-26-42(48(41)56-47(39)40)51-53-49(34-17-7-2-8-18-34)52-50(54-51)35-19-9-3-10-20-35/h1-32H. The Morgan fingerprint density at radius 3 is 1.38 bits per heavy atom. The zero-order valence-corrected chi connectivity index (χ0v) is 30.2. The van der Waals surface area contributed by atoms with Crippen LogP contribution >= 0.6 is 0 Å². The molecule has 262 valence electrons. The van der Waals surface area contributed by atoms with E-state index in [1.54, 1.807) is 0 Å². The fraction of sp³-hybridized carbons (Fsp3) is 0. The second-order valence-electron chi connectivity index (χ2n) is 14.0. The maximum absolute atomic E-state index is 6.96. The summed E-state index contributed by atoms with van der Waals surface area (Å²) in [5.41, 5.74) is 12.2. The van der Waals surface area contributed by atoms with E-state index in [9.17, 15) is 0 Å². The van der Waals surface area contributed by atoms with Crippen molar-refractivity contribution < 1.29 is 4.42 Å². The highest BCUT2D eigenvalue weighted by atomic mass is 16.3. The van der Waals surface area contributed by atoms with E-state index in [4.69, 9.17) is 19.4 Å². The Morgan fingerprint density at radius 1 is 0.321 bits per heavy atom. The summed E-state index contributed by atoms with van der Waals surface area (Å²) in [4.78, 5) is 15.0. The van der Waals surface area contributed by atoms with Crippen LogP contribution in [-0.4, -0.2) is 19.5 Å². The number of nitrogens with zero attached hydrogens (tertiary/aromatic N) is 4. The van der Waals surface area contributed by atoms with Gasteiger partial charge in [0, 0.05) is 43.9 Å². The molecule has 11 rings (SSSR count). The number of rotatable bonds is 6. The molecule has 0 radical (unpaired) electrons. The van der Waals surface area contributed by atoms with Gasteiger partial charge < -0.3 is 8.98 Å². The predicted molar refractivity (Wildman–Crippen MR) is 229 cm³/mol. The molecule has 0 aliphatic rings. The average molecular weight is 717 g/mol. The monoisotopic (exact) mass is 716 g/mol. The van der Waals surface area contributed by atoms with Crippen LogP contribution in [0.1, 0.15) is 0 Å². The van der Waals surface area contributed by atoms with E-state index in [-0.39, 0.29) is 0 Å². The van der Waals surface area contributed by atoms with Crippen molar-refractivity contribution in [1.29, 1.82) is 0 Å². The molecule has 5 heteroatoms. The Bertz CT molecular complexity index is 3170. The number of aromatic nitrogens is 4. The predicted octanol–water partition coefficient (Wildman–Crippen LogP) is 13.2. The first-order valence-corrected chi connectivity index (χ1v) is 18.8. The smallest absolute Gasteiger partial charge is 0.167 e. The number of fused-ring (bicyclic) bond motifs is 6. The maximum atomic E-state index is 6.96. The molecule has 0 saturated carbocycles. The van der Waals surface area contributed by atoms with E-state index >= 15 is 0 Å². The number of benzene rings is 8. The van der Waals surface area contributed by atoms with Gasteiger partial charge in [-0.05, 0) is 59.2 Å². The van der Waals surface area contributed by atoms with Gasteiger partial charge in [-0.1, -0.05) is 152 Å². The Kier molecular flexibility index (Phi) is 7.42. The van der Waals surface area contributed by atoms with E-state index in [0.717, 1.165) is 66.5 Å². The fourth-order valence-corrected chi connectivity index (χ4v) is 8.01. The fourth-order valence-electron chi connectivity index (χ4n) is 8.01. The molecule has 5 nitrogen and oxygen atoms in total. The molecule has 0 amide bonds. The number of hydrogen-bond acceptors (Lipinski definition) is 4. The molecular formula is C51H32N4O. The lowest BCUT2D eigenvalue weighted by atomic mass is 9.99. The van der Waals surface area contributed by atoms with Crippen LogP contribution in [0.5, 0.6) is 0 Å². The molecule has 11 aromatic rings. The van der Waals surface area contributed by atoms with Crippen molar-refractivity contribution in [3.63, 3.8) is 0 Å². The first-order valence-electron chi connectivity index (χ1n) is 18.8. The molecule has 0 saturated heterocycles. The highest BCUT2D eigenvalue weighted by molar-refractivity contribution is 6.15. The minimum absolute atomic E-state index is 0.563. The summed E-state index contributed by atoms with van der Waals surface area (Å²) >= 11 is 0.